The fourth-order valence-electron chi connectivity index (χ4n) is 3.92. The van der Waals surface area contributed by atoms with E-state index in [2.05, 4.69) is 52.2 Å². The molecule has 0 atom stereocenters. The van der Waals surface area contributed by atoms with E-state index in [1.54, 1.807) is 0 Å². The zero-order valence-electron chi connectivity index (χ0n) is 21.2. The number of hydrogen-bond donors (Lipinski definition) is 2. The molecule has 1 heterocycles. The van der Waals surface area contributed by atoms with Crippen molar-refractivity contribution < 1.29 is 9.59 Å². The summed E-state index contributed by atoms with van der Waals surface area (Å²) in [6.07, 6.45) is 0. The molecule has 5 heteroatoms. The van der Waals surface area contributed by atoms with Crippen molar-refractivity contribution in [3.63, 3.8) is 0 Å². The molecule has 4 rings (SSSR count). The Labute approximate surface area is 211 Å². The fourth-order valence-corrected chi connectivity index (χ4v) is 5.01. The highest BCUT2D eigenvalue weighted by molar-refractivity contribution is 7.21. The van der Waals surface area contributed by atoms with Gasteiger partial charge in [0.2, 0.25) is 0 Å². The van der Waals surface area contributed by atoms with Crippen molar-refractivity contribution in [3.8, 4) is 0 Å². The van der Waals surface area contributed by atoms with Crippen molar-refractivity contribution in [1.82, 2.24) is 0 Å². The van der Waals surface area contributed by atoms with Crippen molar-refractivity contribution >= 4 is 44.6 Å². The number of benzene rings is 3. The van der Waals surface area contributed by atoms with Crippen molar-refractivity contribution in [2.45, 2.75) is 52.4 Å². The van der Waals surface area contributed by atoms with Gasteiger partial charge < -0.3 is 10.6 Å². The standard InChI is InChI=1S/C30H32N2O2S/c1-29(2,3)19-11-15-21(16-12-19)31-27(33)25-23-9-7-8-10-24(23)35-26(25)28(34)32-22-17-13-20(14-18-22)30(4,5)6/h7-18H,1-6H3,(H,31,33)(H,32,34). The first kappa shape index (κ1) is 24.7. The molecule has 0 aliphatic heterocycles. The average Bonchev–Trinajstić information content (AvgIpc) is 3.18. The van der Waals surface area contributed by atoms with Gasteiger partial charge in [-0.3, -0.25) is 9.59 Å². The summed E-state index contributed by atoms with van der Waals surface area (Å²) in [6, 6.07) is 23.3. The molecular weight excluding hydrogens is 452 g/mol. The highest BCUT2D eigenvalue weighted by atomic mass is 32.1. The molecule has 2 amide bonds. The van der Waals surface area contributed by atoms with E-state index in [4.69, 9.17) is 0 Å². The van der Waals surface area contributed by atoms with Crippen molar-refractivity contribution in [2.75, 3.05) is 10.6 Å². The van der Waals surface area contributed by atoms with E-state index in [1.165, 1.54) is 22.5 Å². The van der Waals surface area contributed by atoms with Gasteiger partial charge in [0.25, 0.3) is 11.8 Å². The molecule has 1 aromatic heterocycles. The predicted octanol–water partition coefficient (Wildman–Crippen LogP) is 8.00. The molecule has 4 nitrogen and oxygen atoms in total. The second-order valence-electron chi connectivity index (χ2n) is 10.9. The number of anilines is 2. The van der Waals surface area contributed by atoms with Crippen LogP contribution in [-0.4, -0.2) is 11.8 Å². The lowest BCUT2D eigenvalue weighted by molar-refractivity contribution is 0.0995. The molecule has 0 radical (unpaired) electrons. The first-order chi connectivity index (χ1) is 16.4. The summed E-state index contributed by atoms with van der Waals surface area (Å²) in [5.41, 5.74) is 4.23. The van der Waals surface area contributed by atoms with Gasteiger partial charge in [-0.05, 0) is 52.3 Å². The summed E-state index contributed by atoms with van der Waals surface area (Å²) < 4.78 is 0.897. The fraction of sp³-hybridized carbons (Fsp3) is 0.267. The summed E-state index contributed by atoms with van der Waals surface area (Å²) in [5, 5.41) is 6.73. The van der Waals surface area contributed by atoms with Gasteiger partial charge in [-0.25, -0.2) is 0 Å². The minimum Gasteiger partial charge on any atom is -0.322 e. The van der Waals surface area contributed by atoms with Crippen molar-refractivity contribution in [2.24, 2.45) is 0 Å². The zero-order chi connectivity index (χ0) is 25.4. The molecule has 0 fully saturated rings. The van der Waals surface area contributed by atoms with Gasteiger partial charge in [0.1, 0.15) is 4.88 Å². The Bertz CT molecular complexity index is 1370. The molecule has 180 valence electrons. The summed E-state index contributed by atoms with van der Waals surface area (Å²) in [6.45, 7) is 12.9. The molecule has 0 bridgehead atoms. The molecule has 0 spiro atoms. The second kappa shape index (κ2) is 9.31. The summed E-state index contributed by atoms with van der Waals surface area (Å²) >= 11 is 1.33. The first-order valence-electron chi connectivity index (χ1n) is 11.8. The van der Waals surface area contributed by atoms with Crippen molar-refractivity contribution in [1.29, 1.82) is 0 Å². The Balaban J connectivity index is 1.62. The van der Waals surface area contributed by atoms with Crippen LogP contribution in [0, 0.1) is 0 Å². The van der Waals surface area contributed by atoms with Crippen LogP contribution in [0.2, 0.25) is 0 Å². The van der Waals surface area contributed by atoms with Crippen LogP contribution in [0.15, 0.2) is 72.8 Å². The molecule has 2 N–H and O–H groups in total. The maximum absolute atomic E-state index is 13.4. The Morgan fingerprint density at radius 3 is 1.57 bits per heavy atom. The number of nitrogens with one attached hydrogen (secondary N) is 2. The average molecular weight is 485 g/mol. The highest BCUT2D eigenvalue weighted by Crippen LogP contribution is 2.33. The third kappa shape index (κ3) is 5.46. The molecule has 35 heavy (non-hydrogen) atoms. The summed E-state index contributed by atoms with van der Waals surface area (Å²) in [7, 11) is 0. The van der Waals surface area contributed by atoms with Gasteiger partial charge >= 0.3 is 0 Å². The van der Waals surface area contributed by atoms with Gasteiger partial charge in [0.15, 0.2) is 0 Å². The van der Waals surface area contributed by atoms with Crippen LogP contribution in [-0.2, 0) is 10.8 Å². The lowest BCUT2D eigenvalue weighted by Crippen LogP contribution is -2.19. The van der Waals surface area contributed by atoms with Crippen LogP contribution in [0.3, 0.4) is 0 Å². The topological polar surface area (TPSA) is 58.2 Å². The van der Waals surface area contributed by atoms with Gasteiger partial charge in [0, 0.05) is 21.5 Å². The Kier molecular flexibility index (Phi) is 6.56. The largest absolute Gasteiger partial charge is 0.322 e. The normalized spacial score (nSPS) is 11.9. The smallest absolute Gasteiger partial charge is 0.266 e. The van der Waals surface area contributed by atoms with Crippen LogP contribution >= 0.6 is 11.3 Å². The molecule has 0 saturated heterocycles. The van der Waals surface area contributed by atoms with Crippen LogP contribution in [0.1, 0.15) is 72.7 Å². The van der Waals surface area contributed by atoms with Gasteiger partial charge in [0.05, 0.1) is 5.56 Å². The molecule has 0 aliphatic rings. The SMILES string of the molecule is CC(C)(C)c1ccc(NC(=O)c2sc3ccccc3c2C(=O)Nc2ccc(C(C)(C)C)cc2)cc1. The van der Waals surface area contributed by atoms with E-state index in [0.29, 0.717) is 21.8 Å². The Hall–Kier alpha value is -3.44. The number of amides is 2. The van der Waals surface area contributed by atoms with Gasteiger partial charge in [-0.1, -0.05) is 84.0 Å². The maximum Gasteiger partial charge on any atom is 0.266 e. The predicted molar refractivity (Wildman–Crippen MR) is 148 cm³/mol. The van der Waals surface area contributed by atoms with Gasteiger partial charge in [-0.2, -0.15) is 0 Å². The maximum atomic E-state index is 13.4. The van der Waals surface area contributed by atoms with E-state index in [0.717, 1.165) is 10.1 Å². The van der Waals surface area contributed by atoms with E-state index in [9.17, 15) is 9.59 Å². The van der Waals surface area contributed by atoms with E-state index in [1.807, 2.05) is 72.8 Å². The lowest BCUT2D eigenvalue weighted by Gasteiger charge is -2.19. The molecule has 0 unspecified atom stereocenters. The molecular formula is C30H32N2O2S. The molecule has 0 aliphatic carbocycles. The Morgan fingerprint density at radius 1 is 0.629 bits per heavy atom. The number of fused-ring (bicyclic) bond motifs is 1. The molecule has 3 aromatic carbocycles. The zero-order valence-corrected chi connectivity index (χ0v) is 22.0. The second-order valence-corrected chi connectivity index (χ2v) is 11.9. The van der Waals surface area contributed by atoms with E-state index < -0.39 is 0 Å². The van der Waals surface area contributed by atoms with E-state index in [-0.39, 0.29) is 22.6 Å². The third-order valence-electron chi connectivity index (χ3n) is 6.05. The monoisotopic (exact) mass is 484 g/mol. The number of carbonyl (C=O) groups excluding carboxylic acids is 2. The minimum absolute atomic E-state index is 0.0302. The molecule has 0 saturated carbocycles. The Morgan fingerprint density at radius 2 is 1.09 bits per heavy atom. The van der Waals surface area contributed by atoms with E-state index >= 15 is 0 Å². The summed E-state index contributed by atoms with van der Waals surface area (Å²) in [4.78, 5) is 27.1. The minimum atomic E-state index is -0.292. The first-order valence-corrected chi connectivity index (χ1v) is 12.6. The number of carbonyl (C=O) groups is 2. The van der Waals surface area contributed by atoms with Crippen LogP contribution < -0.4 is 10.6 Å². The number of rotatable bonds is 4. The highest BCUT2D eigenvalue weighted by Gasteiger charge is 2.24. The lowest BCUT2D eigenvalue weighted by atomic mass is 9.87. The quantitative estimate of drug-likeness (QED) is 0.308. The number of hydrogen-bond acceptors (Lipinski definition) is 3. The van der Waals surface area contributed by atoms with Crippen molar-refractivity contribution in [3.05, 3.63) is 94.4 Å². The third-order valence-corrected chi connectivity index (χ3v) is 7.22. The van der Waals surface area contributed by atoms with Crippen LogP contribution in [0.5, 0.6) is 0 Å². The number of thiophene rings is 1. The molecule has 4 aromatic rings. The summed E-state index contributed by atoms with van der Waals surface area (Å²) in [5.74, 6) is -0.581. The van der Waals surface area contributed by atoms with Crippen LogP contribution in [0.4, 0.5) is 11.4 Å². The van der Waals surface area contributed by atoms with Crippen LogP contribution in [0.25, 0.3) is 10.1 Å². The van der Waals surface area contributed by atoms with Gasteiger partial charge in [-0.15, -0.1) is 11.3 Å².